The highest BCUT2D eigenvalue weighted by Crippen LogP contribution is 2.15. The van der Waals surface area contributed by atoms with Crippen LogP contribution in [0.15, 0.2) is 47.3 Å². The molecule has 3 rings (SSSR count). The number of hydrogen-bond acceptors (Lipinski definition) is 3. The van der Waals surface area contributed by atoms with Crippen molar-refractivity contribution in [2.24, 2.45) is 0 Å². The van der Waals surface area contributed by atoms with Gasteiger partial charge in [-0.2, -0.15) is 0 Å². The van der Waals surface area contributed by atoms with Crippen LogP contribution in [0.2, 0.25) is 5.02 Å². The molecule has 2 aromatic carbocycles. The summed E-state index contributed by atoms with van der Waals surface area (Å²) < 4.78 is 0. The van der Waals surface area contributed by atoms with Crippen LogP contribution in [0.25, 0.3) is 10.9 Å². The molecule has 3 aromatic rings. The molecule has 0 aliphatic rings. The van der Waals surface area contributed by atoms with E-state index in [1.807, 2.05) is 7.05 Å². The van der Waals surface area contributed by atoms with Crippen LogP contribution < -0.4 is 5.56 Å². The number of fused-ring (bicyclic) bond motifs is 1. The molecule has 0 saturated heterocycles. The summed E-state index contributed by atoms with van der Waals surface area (Å²) >= 11 is 5.99. The van der Waals surface area contributed by atoms with Crippen molar-refractivity contribution in [3.63, 3.8) is 0 Å². The lowest BCUT2D eigenvalue weighted by Crippen LogP contribution is -2.21. The van der Waals surface area contributed by atoms with E-state index in [0.29, 0.717) is 28.3 Å². The average Bonchev–Trinajstić information content (AvgIpc) is 2.49. The Morgan fingerprint density at radius 1 is 1.13 bits per heavy atom. The molecule has 0 unspecified atom stereocenters. The van der Waals surface area contributed by atoms with Crippen LogP contribution in [0.5, 0.6) is 0 Å². The number of nitrogens with zero attached hydrogens (tertiary/aromatic N) is 2. The molecule has 4 nitrogen and oxygen atoms in total. The first-order valence-corrected chi connectivity index (χ1v) is 7.81. The zero-order valence-electron chi connectivity index (χ0n) is 13.1. The zero-order chi connectivity index (χ0) is 16.4. The fourth-order valence-electron chi connectivity index (χ4n) is 2.55. The summed E-state index contributed by atoms with van der Waals surface area (Å²) in [6.07, 6.45) is 0. The second-order valence-corrected chi connectivity index (χ2v) is 6.27. The van der Waals surface area contributed by atoms with Crippen molar-refractivity contribution in [3.05, 3.63) is 74.8 Å². The second kappa shape index (κ2) is 6.52. The van der Waals surface area contributed by atoms with Crippen LogP contribution in [0.4, 0.5) is 0 Å². The van der Waals surface area contributed by atoms with Gasteiger partial charge in [-0.15, -0.1) is 0 Å². The third kappa shape index (κ3) is 3.78. The Kier molecular flexibility index (Phi) is 4.46. The van der Waals surface area contributed by atoms with Crippen LogP contribution in [0.1, 0.15) is 17.0 Å². The minimum atomic E-state index is -0.134. The number of aromatic amines is 1. The van der Waals surface area contributed by atoms with E-state index in [0.717, 1.165) is 6.54 Å². The van der Waals surface area contributed by atoms with Gasteiger partial charge in [-0.25, -0.2) is 4.98 Å². The largest absolute Gasteiger partial charge is 0.309 e. The molecule has 0 radical (unpaired) electrons. The summed E-state index contributed by atoms with van der Waals surface area (Å²) in [5, 5.41) is 1.13. The number of halogens is 1. The number of aromatic nitrogens is 2. The fraction of sp³-hybridized carbons (Fsp3) is 0.222. The third-order valence-electron chi connectivity index (χ3n) is 3.71. The third-order valence-corrected chi connectivity index (χ3v) is 3.95. The Hall–Kier alpha value is -2.17. The monoisotopic (exact) mass is 327 g/mol. The fourth-order valence-corrected chi connectivity index (χ4v) is 2.72. The maximum Gasteiger partial charge on any atom is 0.258 e. The Morgan fingerprint density at radius 2 is 1.87 bits per heavy atom. The molecule has 0 aliphatic heterocycles. The molecule has 1 heterocycles. The standard InChI is InChI=1S/C18H18ClN3O/c1-12-3-5-13(6-4-12)10-22(2)11-17-20-16-9-14(19)7-8-15(16)18(23)21-17/h3-9H,10-11H2,1-2H3,(H,20,21,23). The molecule has 1 aromatic heterocycles. The maximum atomic E-state index is 12.1. The summed E-state index contributed by atoms with van der Waals surface area (Å²) in [4.78, 5) is 21.6. The molecule has 0 atom stereocenters. The van der Waals surface area contributed by atoms with E-state index < -0.39 is 0 Å². The van der Waals surface area contributed by atoms with E-state index in [-0.39, 0.29) is 5.56 Å². The molecular formula is C18H18ClN3O. The molecule has 0 aliphatic carbocycles. The van der Waals surface area contributed by atoms with Crippen LogP contribution in [-0.2, 0) is 13.1 Å². The lowest BCUT2D eigenvalue weighted by Gasteiger charge is -2.16. The van der Waals surface area contributed by atoms with Gasteiger partial charge >= 0.3 is 0 Å². The van der Waals surface area contributed by atoms with Gasteiger partial charge in [-0.3, -0.25) is 9.69 Å². The lowest BCUT2D eigenvalue weighted by molar-refractivity contribution is 0.310. The molecule has 0 amide bonds. The Morgan fingerprint density at radius 3 is 2.61 bits per heavy atom. The van der Waals surface area contributed by atoms with Crippen molar-refractivity contribution in [1.29, 1.82) is 0 Å². The Labute approximate surface area is 139 Å². The topological polar surface area (TPSA) is 49.0 Å². The van der Waals surface area contributed by atoms with Crippen molar-refractivity contribution < 1.29 is 0 Å². The first kappa shape index (κ1) is 15.7. The average molecular weight is 328 g/mol. The summed E-state index contributed by atoms with van der Waals surface area (Å²) in [7, 11) is 2.00. The zero-order valence-corrected chi connectivity index (χ0v) is 13.9. The molecule has 0 saturated carbocycles. The number of aryl methyl sites for hydroxylation is 1. The molecule has 0 fully saturated rings. The van der Waals surface area contributed by atoms with Gasteiger partial charge in [0.25, 0.3) is 5.56 Å². The van der Waals surface area contributed by atoms with E-state index in [1.54, 1.807) is 18.2 Å². The minimum absolute atomic E-state index is 0.134. The van der Waals surface area contributed by atoms with Crippen LogP contribution in [-0.4, -0.2) is 21.9 Å². The van der Waals surface area contributed by atoms with Crippen molar-refractivity contribution in [3.8, 4) is 0 Å². The van der Waals surface area contributed by atoms with E-state index >= 15 is 0 Å². The number of hydrogen-bond donors (Lipinski definition) is 1. The van der Waals surface area contributed by atoms with E-state index in [4.69, 9.17) is 11.6 Å². The normalized spacial score (nSPS) is 11.3. The summed E-state index contributed by atoms with van der Waals surface area (Å²) in [6.45, 7) is 3.42. The molecular weight excluding hydrogens is 310 g/mol. The molecule has 118 valence electrons. The van der Waals surface area contributed by atoms with Crippen molar-refractivity contribution >= 4 is 22.5 Å². The number of benzene rings is 2. The lowest BCUT2D eigenvalue weighted by atomic mass is 10.1. The van der Waals surface area contributed by atoms with E-state index in [1.165, 1.54) is 11.1 Å². The number of nitrogens with one attached hydrogen (secondary N) is 1. The smallest absolute Gasteiger partial charge is 0.258 e. The SMILES string of the molecule is Cc1ccc(CN(C)Cc2nc3cc(Cl)ccc3c(=O)[nH]2)cc1. The van der Waals surface area contributed by atoms with E-state index in [2.05, 4.69) is 46.1 Å². The predicted molar refractivity (Wildman–Crippen MR) is 93.7 cm³/mol. The van der Waals surface area contributed by atoms with Crippen LogP contribution in [0.3, 0.4) is 0 Å². The molecule has 23 heavy (non-hydrogen) atoms. The van der Waals surface area contributed by atoms with Gasteiger partial charge in [0.1, 0.15) is 5.82 Å². The summed E-state index contributed by atoms with van der Waals surface area (Å²) in [5.41, 5.74) is 2.96. The molecule has 0 spiro atoms. The van der Waals surface area contributed by atoms with Crippen molar-refractivity contribution in [2.75, 3.05) is 7.05 Å². The highest BCUT2D eigenvalue weighted by molar-refractivity contribution is 6.31. The second-order valence-electron chi connectivity index (χ2n) is 5.83. The highest BCUT2D eigenvalue weighted by atomic mass is 35.5. The van der Waals surface area contributed by atoms with E-state index in [9.17, 15) is 4.79 Å². The molecule has 0 bridgehead atoms. The predicted octanol–water partition coefficient (Wildman–Crippen LogP) is 3.52. The Balaban J connectivity index is 1.80. The molecule has 1 N–H and O–H groups in total. The van der Waals surface area contributed by atoms with Gasteiger partial charge in [0.05, 0.1) is 17.4 Å². The van der Waals surface area contributed by atoms with Gasteiger partial charge in [0.15, 0.2) is 0 Å². The first-order chi connectivity index (χ1) is 11.0. The minimum Gasteiger partial charge on any atom is -0.309 e. The molecule has 5 heteroatoms. The number of H-pyrrole nitrogens is 1. The summed E-state index contributed by atoms with van der Waals surface area (Å²) in [6, 6.07) is 13.5. The van der Waals surface area contributed by atoms with Crippen molar-refractivity contribution in [2.45, 2.75) is 20.0 Å². The Bertz CT molecular complexity index is 887. The van der Waals surface area contributed by atoms with Gasteiger partial charge in [-0.05, 0) is 37.7 Å². The quantitative estimate of drug-likeness (QED) is 0.797. The summed E-state index contributed by atoms with van der Waals surface area (Å²) in [5.74, 6) is 0.638. The van der Waals surface area contributed by atoms with Crippen molar-refractivity contribution in [1.82, 2.24) is 14.9 Å². The number of rotatable bonds is 4. The van der Waals surface area contributed by atoms with Gasteiger partial charge < -0.3 is 4.98 Å². The van der Waals surface area contributed by atoms with Gasteiger partial charge in [0.2, 0.25) is 0 Å². The highest BCUT2D eigenvalue weighted by Gasteiger charge is 2.07. The van der Waals surface area contributed by atoms with Gasteiger partial charge in [0, 0.05) is 11.6 Å². The van der Waals surface area contributed by atoms with Crippen LogP contribution >= 0.6 is 11.6 Å². The van der Waals surface area contributed by atoms with Gasteiger partial charge in [-0.1, -0.05) is 41.4 Å². The first-order valence-electron chi connectivity index (χ1n) is 7.44. The van der Waals surface area contributed by atoms with Crippen LogP contribution in [0, 0.1) is 6.92 Å². The maximum absolute atomic E-state index is 12.1.